The predicted molar refractivity (Wildman–Crippen MR) is 78.3 cm³/mol. The first-order valence-corrected chi connectivity index (χ1v) is 7.17. The van der Waals surface area contributed by atoms with Crippen molar-refractivity contribution in [3.05, 3.63) is 36.1 Å². The second kappa shape index (κ2) is 4.31. The molecular weight excluding hydrogens is 274 g/mol. The van der Waals surface area contributed by atoms with Gasteiger partial charge in [-0.1, -0.05) is 48.0 Å². The molecule has 1 aliphatic carbocycles. The zero-order chi connectivity index (χ0) is 12.7. The number of rotatable bonds is 3. The van der Waals surface area contributed by atoms with Gasteiger partial charge in [-0.25, -0.2) is 0 Å². The average Bonchev–Trinajstić information content (AvgIpc) is 2.22. The van der Waals surface area contributed by atoms with E-state index in [1.807, 2.05) is 0 Å². The molecule has 0 spiro atoms. The summed E-state index contributed by atoms with van der Waals surface area (Å²) >= 11 is 3.75. The SMILES string of the molecule is C=C(CC)C1(C)CN(C2=C[C@](C)(Br)CC=C2)C1. The van der Waals surface area contributed by atoms with Gasteiger partial charge in [0.15, 0.2) is 0 Å². The fraction of sp³-hybridized carbons (Fsp3) is 0.600. The Morgan fingerprint density at radius 2 is 2.12 bits per heavy atom. The Labute approximate surface area is 113 Å². The van der Waals surface area contributed by atoms with E-state index >= 15 is 0 Å². The van der Waals surface area contributed by atoms with Gasteiger partial charge >= 0.3 is 0 Å². The Bertz CT molecular complexity index is 384. The molecule has 2 heteroatoms. The van der Waals surface area contributed by atoms with Gasteiger partial charge in [0, 0.05) is 28.5 Å². The zero-order valence-corrected chi connectivity index (χ0v) is 12.7. The van der Waals surface area contributed by atoms with Crippen molar-refractivity contribution in [1.29, 1.82) is 0 Å². The van der Waals surface area contributed by atoms with Crippen molar-refractivity contribution >= 4 is 15.9 Å². The number of hydrogen-bond donors (Lipinski definition) is 0. The standard InChI is InChI=1S/C15H22BrN/c1-5-12(2)14(3)10-17(11-14)13-7-6-8-15(4,16)9-13/h6-7,9H,2,5,8,10-11H2,1,3-4H3/t15-/m1/s1. The van der Waals surface area contributed by atoms with Crippen molar-refractivity contribution in [2.75, 3.05) is 13.1 Å². The van der Waals surface area contributed by atoms with Crippen molar-refractivity contribution in [2.45, 2.75) is 37.9 Å². The maximum Gasteiger partial charge on any atom is 0.0465 e. The summed E-state index contributed by atoms with van der Waals surface area (Å²) in [6, 6.07) is 0. The van der Waals surface area contributed by atoms with E-state index in [4.69, 9.17) is 0 Å². The maximum absolute atomic E-state index is 4.20. The predicted octanol–water partition coefficient (Wildman–Crippen LogP) is 4.27. The van der Waals surface area contributed by atoms with Crippen LogP contribution < -0.4 is 0 Å². The molecular formula is C15H22BrN. The Hall–Kier alpha value is -0.500. The summed E-state index contributed by atoms with van der Waals surface area (Å²) in [4.78, 5) is 2.45. The normalized spacial score (nSPS) is 30.8. The summed E-state index contributed by atoms with van der Waals surface area (Å²) in [7, 11) is 0. The quantitative estimate of drug-likeness (QED) is 0.555. The first-order chi connectivity index (χ1) is 7.86. The first-order valence-electron chi connectivity index (χ1n) is 6.38. The third kappa shape index (κ3) is 2.52. The van der Waals surface area contributed by atoms with Gasteiger partial charge in [-0.05, 0) is 31.9 Å². The van der Waals surface area contributed by atoms with Crippen molar-refractivity contribution in [2.24, 2.45) is 5.41 Å². The van der Waals surface area contributed by atoms with Crippen molar-refractivity contribution in [3.63, 3.8) is 0 Å². The van der Waals surface area contributed by atoms with Gasteiger partial charge in [-0.3, -0.25) is 0 Å². The first kappa shape index (κ1) is 12.9. The van der Waals surface area contributed by atoms with Crippen LogP contribution in [0.1, 0.15) is 33.6 Å². The van der Waals surface area contributed by atoms with Crippen LogP contribution in [0.4, 0.5) is 0 Å². The topological polar surface area (TPSA) is 3.24 Å². The van der Waals surface area contributed by atoms with Crippen molar-refractivity contribution < 1.29 is 0 Å². The van der Waals surface area contributed by atoms with Gasteiger partial charge < -0.3 is 4.90 Å². The van der Waals surface area contributed by atoms with E-state index in [0.29, 0.717) is 5.41 Å². The molecule has 0 aromatic heterocycles. The van der Waals surface area contributed by atoms with Gasteiger partial charge in [0.25, 0.3) is 0 Å². The van der Waals surface area contributed by atoms with E-state index in [0.717, 1.165) is 25.9 Å². The van der Waals surface area contributed by atoms with Crippen LogP contribution in [-0.4, -0.2) is 22.3 Å². The third-order valence-corrected chi connectivity index (χ3v) is 4.53. The van der Waals surface area contributed by atoms with Crippen LogP contribution in [0.2, 0.25) is 0 Å². The number of hydrogen-bond acceptors (Lipinski definition) is 1. The van der Waals surface area contributed by atoms with Crippen LogP contribution in [0.15, 0.2) is 36.1 Å². The Balaban J connectivity index is 2.03. The van der Waals surface area contributed by atoms with E-state index in [2.05, 4.69) is 66.4 Å². The molecule has 0 N–H and O–H groups in total. The highest BCUT2D eigenvalue weighted by Crippen LogP contribution is 2.42. The zero-order valence-electron chi connectivity index (χ0n) is 11.1. The molecule has 0 aromatic rings. The number of halogens is 1. The highest BCUT2D eigenvalue weighted by Gasteiger charge is 2.41. The van der Waals surface area contributed by atoms with E-state index in [1.54, 1.807) is 0 Å². The number of likely N-dealkylation sites (tertiary alicyclic amines) is 1. The van der Waals surface area contributed by atoms with Crippen molar-refractivity contribution in [3.8, 4) is 0 Å². The molecule has 0 radical (unpaired) electrons. The summed E-state index contributed by atoms with van der Waals surface area (Å²) in [6.07, 6.45) is 9.01. The summed E-state index contributed by atoms with van der Waals surface area (Å²) < 4.78 is 0.130. The van der Waals surface area contributed by atoms with Gasteiger partial charge in [-0.15, -0.1) is 0 Å². The van der Waals surface area contributed by atoms with E-state index in [9.17, 15) is 0 Å². The lowest BCUT2D eigenvalue weighted by Gasteiger charge is -2.52. The second-order valence-corrected chi connectivity index (χ2v) is 7.64. The number of allylic oxidation sites excluding steroid dienone is 3. The van der Waals surface area contributed by atoms with Crippen LogP contribution in [0.25, 0.3) is 0 Å². The fourth-order valence-electron chi connectivity index (χ4n) is 2.65. The van der Waals surface area contributed by atoms with Gasteiger partial charge in [0.2, 0.25) is 0 Å². The molecule has 2 aliphatic rings. The maximum atomic E-state index is 4.20. The average molecular weight is 296 g/mol. The molecule has 1 aliphatic heterocycles. The second-order valence-electron chi connectivity index (χ2n) is 5.83. The summed E-state index contributed by atoms with van der Waals surface area (Å²) in [5, 5.41) is 0. The van der Waals surface area contributed by atoms with Crippen LogP contribution >= 0.6 is 15.9 Å². The highest BCUT2D eigenvalue weighted by atomic mass is 79.9. The smallest absolute Gasteiger partial charge is 0.0465 e. The summed E-state index contributed by atoms with van der Waals surface area (Å²) in [5.74, 6) is 0. The minimum atomic E-state index is 0.130. The minimum absolute atomic E-state index is 0.130. The lowest BCUT2D eigenvalue weighted by atomic mass is 9.74. The highest BCUT2D eigenvalue weighted by molar-refractivity contribution is 9.10. The molecule has 0 amide bonds. The minimum Gasteiger partial charge on any atom is -0.370 e. The lowest BCUT2D eigenvalue weighted by Crippen LogP contribution is -2.54. The molecule has 1 nitrogen and oxygen atoms in total. The fourth-order valence-corrected chi connectivity index (χ4v) is 3.07. The van der Waals surface area contributed by atoms with Crippen molar-refractivity contribution in [1.82, 2.24) is 4.90 Å². The van der Waals surface area contributed by atoms with E-state index in [1.165, 1.54) is 11.3 Å². The van der Waals surface area contributed by atoms with Crippen LogP contribution in [0.3, 0.4) is 0 Å². The molecule has 1 atom stereocenters. The monoisotopic (exact) mass is 295 g/mol. The molecule has 0 saturated carbocycles. The molecule has 17 heavy (non-hydrogen) atoms. The van der Waals surface area contributed by atoms with Gasteiger partial charge in [0.05, 0.1) is 0 Å². The van der Waals surface area contributed by atoms with Gasteiger partial charge in [-0.2, -0.15) is 0 Å². The number of alkyl halides is 1. The lowest BCUT2D eigenvalue weighted by molar-refractivity contribution is 0.0811. The molecule has 1 fully saturated rings. The third-order valence-electron chi connectivity index (χ3n) is 3.98. The summed E-state index contributed by atoms with van der Waals surface area (Å²) in [5.41, 5.74) is 3.07. The van der Waals surface area contributed by atoms with E-state index in [-0.39, 0.29) is 4.32 Å². The molecule has 94 valence electrons. The van der Waals surface area contributed by atoms with E-state index < -0.39 is 0 Å². The molecule has 0 aromatic carbocycles. The molecule has 2 rings (SSSR count). The number of nitrogens with zero attached hydrogens (tertiary/aromatic N) is 1. The van der Waals surface area contributed by atoms with Crippen LogP contribution in [0.5, 0.6) is 0 Å². The van der Waals surface area contributed by atoms with Crippen LogP contribution in [-0.2, 0) is 0 Å². The summed E-state index contributed by atoms with van der Waals surface area (Å²) in [6.45, 7) is 13.2. The largest absolute Gasteiger partial charge is 0.370 e. The molecule has 0 unspecified atom stereocenters. The Morgan fingerprint density at radius 3 is 2.65 bits per heavy atom. The molecule has 0 bridgehead atoms. The van der Waals surface area contributed by atoms with Crippen LogP contribution in [0, 0.1) is 5.41 Å². The Morgan fingerprint density at radius 1 is 1.47 bits per heavy atom. The Kier molecular flexibility index (Phi) is 3.28. The molecule has 1 saturated heterocycles. The molecule has 1 heterocycles. The van der Waals surface area contributed by atoms with Gasteiger partial charge in [0.1, 0.15) is 0 Å².